The molecule has 1 saturated heterocycles. The third-order valence-electron chi connectivity index (χ3n) is 4.16. The maximum absolute atomic E-state index is 5.76. The van der Waals surface area contributed by atoms with Crippen LogP contribution < -0.4 is 5.32 Å². The molecule has 3 heteroatoms. The number of rotatable bonds is 5. The van der Waals surface area contributed by atoms with Crippen molar-refractivity contribution in [3.8, 4) is 0 Å². The molecule has 0 amide bonds. The van der Waals surface area contributed by atoms with Gasteiger partial charge in [0.1, 0.15) is 0 Å². The molecule has 2 aliphatic rings. The monoisotopic (exact) mass is 241 g/mol. The molecule has 3 nitrogen and oxygen atoms in total. The van der Waals surface area contributed by atoms with Crippen molar-refractivity contribution in [2.45, 2.75) is 76.7 Å². The first-order chi connectivity index (χ1) is 8.28. The lowest BCUT2D eigenvalue weighted by molar-refractivity contribution is -0.179. The van der Waals surface area contributed by atoms with Crippen molar-refractivity contribution in [1.82, 2.24) is 5.32 Å². The van der Waals surface area contributed by atoms with Gasteiger partial charge in [-0.1, -0.05) is 20.3 Å². The third kappa shape index (κ3) is 3.43. The highest BCUT2D eigenvalue weighted by molar-refractivity contribution is 4.86. The summed E-state index contributed by atoms with van der Waals surface area (Å²) in [6.45, 7) is 6.11. The Bertz CT molecular complexity index is 216. The van der Waals surface area contributed by atoms with Crippen LogP contribution in [0.5, 0.6) is 0 Å². The van der Waals surface area contributed by atoms with Gasteiger partial charge in [-0.3, -0.25) is 0 Å². The number of hydrogen-bond donors (Lipinski definition) is 1. The molecule has 1 spiro atoms. The van der Waals surface area contributed by atoms with E-state index in [1.165, 1.54) is 32.1 Å². The van der Waals surface area contributed by atoms with Crippen molar-refractivity contribution in [2.24, 2.45) is 0 Å². The van der Waals surface area contributed by atoms with Crippen LogP contribution in [0.1, 0.15) is 58.8 Å². The zero-order valence-electron chi connectivity index (χ0n) is 11.3. The van der Waals surface area contributed by atoms with Crippen LogP contribution >= 0.6 is 0 Å². The van der Waals surface area contributed by atoms with Gasteiger partial charge < -0.3 is 14.8 Å². The van der Waals surface area contributed by atoms with Crippen LogP contribution in [0.3, 0.4) is 0 Å². The van der Waals surface area contributed by atoms with E-state index in [0.717, 1.165) is 26.1 Å². The fraction of sp³-hybridized carbons (Fsp3) is 1.00. The molecule has 1 saturated carbocycles. The second-order valence-electron chi connectivity index (χ2n) is 5.44. The molecule has 0 aromatic rings. The molecule has 1 unspecified atom stereocenters. The van der Waals surface area contributed by atoms with Crippen LogP contribution in [0.15, 0.2) is 0 Å². The predicted molar refractivity (Wildman–Crippen MR) is 69.0 cm³/mol. The number of ether oxygens (including phenoxy) is 2. The highest BCUT2D eigenvalue weighted by atomic mass is 16.7. The SMILES string of the molecule is CCCC(CC)NC1CCC2(CC1)OCCO2. The lowest BCUT2D eigenvalue weighted by atomic mass is 9.89. The van der Waals surface area contributed by atoms with Crippen molar-refractivity contribution in [1.29, 1.82) is 0 Å². The van der Waals surface area contributed by atoms with Gasteiger partial charge in [0.05, 0.1) is 13.2 Å². The summed E-state index contributed by atoms with van der Waals surface area (Å²) in [5, 5.41) is 3.80. The van der Waals surface area contributed by atoms with Crippen molar-refractivity contribution >= 4 is 0 Å². The highest BCUT2D eigenvalue weighted by Crippen LogP contribution is 2.35. The molecule has 100 valence electrons. The summed E-state index contributed by atoms with van der Waals surface area (Å²) < 4.78 is 11.5. The smallest absolute Gasteiger partial charge is 0.168 e. The summed E-state index contributed by atoms with van der Waals surface area (Å²) >= 11 is 0. The standard InChI is InChI=1S/C14H27NO2/c1-3-5-12(4-2)15-13-6-8-14(9-7-13)16-10-11-17-14/h12-13,15H,3-11H2,1-2H3. The van der Waals surface area contributed by atoms with E-state index in [-0.39, 0.29) is 5.79 Å². The van der Waals surface area contributed by atoms with Crippen LogP contribution in [-0.2, 0) is 9.47 Å². The molecule has 1 atom stereocenters. The average molecular weight is 241 g/mol. The zero-order valence-corrected chi connectivity index (χ0v) is 11.3. The first kappa shape index (κ1) is 13.3. The van der Waals surface area contributed by atoms with E-state index >= 15 is 0 Å². The molecule has 0 aromatic heterocycles. The van der Waals surface area contributed by atoms with Gasteiger partial charge in [-0.15, -0.1) is 0 Å². The maximum atomic E-state index is 5.76. The molecule has 0 radical (unpaired) electrons. The van der Waals surface area contributed by atoms with Gasteiger partial charge in [-0.25, -0.2) is 0 Å². The van der Waals surface area contributed by atoms with E-state index in [1.807, 2.05) is 0 Å². The summed E-state index contributed by atoms with van der Waals surface area (Å²) in [5.41, 5.74) is 0. The maximum Gasteiger partial charge on any atom is 0.168 e. The molecule has 17 heavy (non-hydrogen) atoms. The third-order valence-corrected chi connectivity index (χ3v) is 4.16. The normalized spacial score (nSPS) is 26.5. The second-order valence-corrected chi connectivity index (χ2v) is 5.44. The minimum atomic E-state index is -0.204. The van der Waals surface area contributed by atoms with E-state index in [2.05, 4.69) is 19.2 Å². The van der Waals surface area contributed by atoms with Gasteiger partial charge in [0.15, 0.2) is 5.79 Å². The minimum absolute atomic E-state index is 0.204. The van der Waals surface area contributed by atoms with Crippen LogP contribution in [0.2, 0.25) is 0 Å². The van der Waals surface area contributed by atoms with Gasteiger partial charge in [0.2, 0.25) is 0 Å². The Hall–Kier alpha value is -0.120. The molecule has 1 aliphatic carbocycles. The molecule has 1 aliphatic heterocycles. The topological polar surface area (TPSA) is 30.5 Å². The predicted octanol–water partition coefficient (Wildman–Crippen LogP) is 2.84. The summed E-state index contributed by atoms with van der Waals surface area (Å²) in [5.74, 6) is -0.204. The highest BCUT2D eigenvalue weighted by Gasteiger charge is 2.40. The van der Waals surface area contributed by atoms with Gasteiger partial charge in [0.25, 0.3) is 0 Å². The molecule has 1 heterocycles. The fourth-order valence-corrected chi connectivity index (χ4v) is 3.10. The minimum Gasteiger partial charge on any atom is -0.348 e. The van der Waals surface area contributed by atoms with E-state index in [4.69, 9.17) is 9.47 Å². The summed E-state index contributed by atoms with van der Waals surface area (Å²) in [6.07, 6.45) is 8.32. The van der Waals surface area contributed by atoms with E-state index < -0.39 is 0 Å². The molecule has 2 fully saturated rings. The van der Waals surface area contributed by atoms with Crippen molar-refractivity contribution in [3.63, 3.8) is 0 Å². The lowest BCUT2D eigenvalue weighted by Gasteiger charge is -2.37. The van der Waals surface area contributed by atoms with Gasteiger partial charge in [-0.05, 0) is 25.7 Å². The van der Waals surface area contributed by atoms with Gasteiger partial charge in [-0.2, -0.15) is 0 Å². The Morgan fingerprint density at radius 1 is 1.18 bits per heavy atom. The van der Waals surface area contributed by atoms with Gasteiger partial charge >= 0.3 is 0 Å². The molecule has 0 bridgehead atoms. The quantitative estimate of drug-likeness (QED) is 0.803. The first-order valence-electron chi connectivity index (χ1n) is 7.32. The second kappa shape index (κ2) is 6.17. The van der Waals surface area contributed by atoms with Gasteiger partial charge in [0, 0.05) is 24.9 Å². The summed E-state index contributed by atoms with van der Waals surface area (Å²) in [6, 6.07) is 1.37. The van der Waals surface area contributed by atoms with Crippen molar-refractivity contribution in [3.05, 3.63) is 0 Å². The molecule has 1 N–H and O–H groups in total. The largest absolute Gasteiger partial charge is 0.348 e. The zero-order chi connectivity index (χ0) is 12.1. The van der Waals surface area contributed by atoms with Crippen molar-refractivity contribution < 1.29 is 9.47 Å². The molecule has 0 aromatic carbocycles. The van der Waals surface area contributed by atoms with Crippen LogP contribution in [0.25, 0.3) is 0 Å². The Morgan fingerprint density at radius 2 is 1.82 bits per heavy atom. The Kier molecular flexibility index (Phi) is 4.83. The van der Waals surface area contributed by atoms with E-state index in [1.54, 1.807) is 0 Å². The first-order valence-corrected chi connectivity index (χ1v) is 7.32. The molecular formula is C14H27NO2. The Morgan fingerprint density at radius 3 is 2.35 bits per heavy atom. The van der Waals surface area contributed by atoms with E-state index in [9.17, 15) is 0 Å². The Balaban J connectivity index is 1.74. The fourth-order valence-electron chi connectivity index (χ4n) is 3.10. The number of hydrogen-bond acceptors (Lipinski definition) is 3. The molecular weight excluding hydrogens is 214 g/mol. The average Bonchev–Trinajstić information content (AvgIpc) is 2.80. The van der Waals surface area contributed by atoms with Crippen LogP contribution in [0, 0.1) is 0 Å². The Labute approximate surface area is 105 Å². The van der Waals surface area contributed by atoms with E-state index in [0.29, 0.717) is 12.1 Å². The molecule has 2 rings (SSSR count). The summed E-state index contributed by atoms with van der Waals surface area (Å²) in [4.78, 5) is 0. The van der Waals surface area contributed by atoms with Crippen molar-refractivity contribution in [2.75, 3.05) is 13.2 Å². The van der Waals surface area contributed by atoms with Crippen LogP contribution in [0.4, 0.5) is 0 Å². The lowest BCUT2D eigenvalue weighted by Crippen LogP contribution is -2.45. The van der Waals surface area contributed by atoms with Crippen LogP contribution in [-0.4, -0.2) is 31.1 Å². The number of nitrogens with one attached hydrogen (secondary N) is 1. The summed E-state index contributed by atoms with van der Waals surface area (Å²) in [7, 11) is 0.